The topological polar surface area (TPSA) is 54.5 Å². The summed E-state index contributed by atoms with van der Waals surface area (Å²) in [5, 5.41) is 3.74. The third-order valence-electron chi connectivity index (χ3n) is 4.29. The zero-order valence-corrected chi connectivity index (χ0v) is 13.4. The third kappa shape index (κ3) is 4.02. The fraction of sp³-hybridized carbons (Fsp3) is 0.733. The first-order chi connectivity index (χ1) is 10.2. The maximum Gasteiger partial charge on any atom is 0.226 e. The summed E-state index contributed by atoms with van der Waals surface area (Å²) in [7, 11) is 2.12. The van der Waals surface area contributed by atoms with Crippen LogP contribution in [0, 0.1) is 5.92 Å². The van der Waals surface area contributed by atoms with Crippen LogP contribution in [-0.4, -0.2) is 42.6 Å². The summed E-state index contributed by atoms with van der Waals surface area (Å²) >= 11 is 1.62. The number of nitrogens with one attached hydrogen (secondary N) is 1. The van der Waals surface area contributed by atoms with Crippen LogP contribution < -0.4 is 5.32 Å². The fourth-order valence-corrected chi connectivity index (χ4v) is 4.03. The Morgan fingerprint density at radius 2 is 2.29 bits per heavy atom. The van der Waals surface area contributed by atoms with Crippen molar-refractivity contribution in [2.75, 3.05) is 32.1 Å². The van der Waals surface area contributed by atoms with Gasteiger partial charge in [0.2, 0.25) is 5.91 Å². The quantitative estimate of drug-likeness (QED) is 0.927. The molecule has 1 fully saturated rings. The zero-order chi connectivity index (χ0) is 14.7. The summed E-state index contributed by atoms with van der Waals surface area (Å²) in [4.78, 5) is 20.2. The lowest BCUT2D eigenvalue weighted by atomic mass is 9.95. The smallest absolute Gasteiger partial charge is 0.226 e. The number of thiazole rings is 1. The molecule has 0 radical (unpaired) electrons. The number of hydrogen-bond acceptors (Lipinski definition) is 5. The Morgan fingerprint density at radius 1 is 1.48 bits per heavy atom. The highest BCUT2D eigenvalue weighted by molar-refractivity contribution is 7.15. The highest BCUT2D eigenvalue weighted by atomic mass is 32.1. The fourth-order valence-electron chi connectivity index (χ4n) is 2.93. The van der Waals surface area contributed by atoms with Crippen LogP contribution in [0.3, 0.4) is 0 Å². The van der Waals surface area contributed by atoms with E-state index in [1.807, 2.05) is 0 Å². The Bertz CT molecular complexity index is 497. The number of ether oxygens (including phenoxy) is 1. The largest absolute Gasteiger partial charge is 0.381 e. The molecule has 6 heteroatoms. The van der Waals surface area contributed by atoms with E-state index < -0.39 is 0 Å². The normalized spacial score (nSPS) is 20.2. The van der Waals surface area contributed by atoms with Crippen LogP contribution >= 0.6 is 11.3 Å². The van der Waals surface area contributed by atoms with Crippen molar-refractivity contribution in [3.05, 3.63) is 10.6 Å². The molecule has 0 unspecified atom stereocenters. The number of aromatic nitrogens is 1. The van der Waals surface area contributed by atoms with Crippen LogP contribution in [-0.2, 0) is 22.5 Å². The zero-order valence-electron chi connectivity index (χ0n) is 12.6. The van der Waals surface area contributed by atoms with Crippen LogP contribution in [0.2, 0.25) is 0 Å². The number of hydrogen-bond donors (Lipinski definition) is 1. The summed E-state index contributed by atoms with van der Waals surface area (Å²) in [6.45, 7) is 3.69. The number of amides is 1. The van der Waals surface area contributed by atoms with Crippen LogP contribution in [0.25, 0.3) is 0 Å². The van der Waals surface area contributed by atoms with E-state index in [1.54, 1.807) is 11.3 Å². The van der Waals surface area contributed by atoms with Crippen molar-refractivity contribution in [3.63, 3.8) is 0 Å². The van der Waals surface area contributed by atoms with E-state index in [2.05, 4.69) is 22.2 Å². The van der Waals surface area contributed by atoms with Gasteiger partial charge >= 0.3 is 0 Å². The molecule has 1 amide bonds. The lowest BCUT2D eigenvalue weighted by Crippen LogP contribution is -2.25. The Balaban J connectivity index is 1.48. The predicted molar refractivity (Wildman–Crippen MR) is 83.6 cm³/mol. The minimum absolute atomic E-state index is 0.0981. The molecule has 0 aromatic carbocycles. The molecule has 1 N–H and O–H groups in total. The molecule has 21 heavy (non-hydrogen) atoms. The second kappa shape index (κ2) is 6.85. The maximum atomic E-state index is 12.0. The summed E-state index contributed by atoms with van der Waals surface area (Å²) in [6, 6.07) is 0. The Kier molecular flexibility index (Phi) is 4.87. The molecular formula is C15H23N3O2S. The van der Waals surface area contributed by atoms with E-state index in [-0.39, 0.29) is 5.91 Å². The van der Waals surface area contributed by atoms with Crippen LogP contribution in [0.4, 0.5) is 5.13 Å². The molecule has 3 rings (SSSR count). The van der Waals surface area contributed by atoms with Gasteiger partial charge in [-0.05, 0) is 32.2 Å². The minimum Gasteiger partial charge on any atom is -0.381 e. The summed E-state index contributed by atoms with van der Waals surface area (Å²) in [6.07, 6.45) is 4.72. The highest BCUT2D eigenvalue weighted by Gasteiger charge is 2.20. The van der Waals surface area contributed by atoms with E-state index in [0.717, 1.165) is 62.8 Å². The molecule has 5 nitrogen and oxygen atoms in total. The lowest BCUT2D eigenvalue weighted by Gasteiger charge is -2.21. The van der Waals surface area contributed by atoms with E-state index >= 15 is 0 Å². The van der Waals surface area contributed by atoms with Gasteiger partial charge in [0.25, 0.3) is 0 Å². The molecule has 0 atom stereocenters. The standard InChI is InChI=1S/C15H23N3O2S/c1-18-7-4-12-13(10-18)21-15(16-12)17-14(19)3-2-11-5-8-20-9-6-11/h11H,2-10H2,1H3,(H,16,17,19). The summed E-state index contributed by atoms with van der Waals surface area (Å²) < 4.78 is 5.34. The second-order valence-electron chi connectivity index (χ2n) is 6.02. The van der Waals surface area contributed by atoms with Crippen molar-refractivity contribution in [1.29, 1.82) is 0 Å². The number of likely N-dealkylation sites (N-methyl/N-ethyl adjacent to an activating group) is 1. The number of rotatable bonds is 4. The van der Waals surface area contributed by atoms with E-state index in [4.69, 9.17) is 4.74 Å². The first-order valence-electron chi connectivity index (χ1n) is 7.75. The van der Waals surface area contributed by atoms with Crippen molar-refractivity contribution in [2.45, 2.75) is 38.6 Å². The highest BCUT2D eigenvalue weighted by Crippen LogP contribution is 2.28. The third-order valence-corrected chi connectivity index (χ3v) is 5.29. The van der Waals surface area contributed by atoms with Gasteiger partial charge < -0.3 is 15.0 Å². The first kappa shape index (κ1) is 14.9. The molecule has 2 aliphatic heterocycles. The van der Waals surface area contributed by atoms with Crippen molar-refractivity contribution >= 4 is 22.4 Å². The number of carbonyl (C=O) groups excluding carboxylic acids is 1. The predicted octanol–water partition coefficient (Wildman–Crippen LogP) is 2.28. The average molecular weight is 309 g/mol. The van der Waals surface area contributed by atoms with Crippen LogP contribution in [0.5, 0.6) is 0 Å². The molecule has 116 valence electrons. The van der Waals surface area contributed by atoms with Gasteiger partial charge in [-0.25, -0.2) is 4.98 Å². The number of carbonyl (C=O) groups is 1. The molecule has 0 bridgehead atoms. The number of nitrogens with zero attached hydrogens (tertiary/aromatic N) is 2. The van der Waals surface area contributed by atoms with Crippen LogP contribution in [0.1, 0.15) is 36.3 Å². The Hall–Kier alpha value is -0.980. The monoisotopic (exact) mass is 309 g/mol. The van der Waals surface area contributed by atoms with Gasteiger partial charge in [-0.1, -0.05) is 0 Å². The van der Waals surface area contributed by atoms with Crippen LogP contribution in [0.15, 0.2) is 0 Å². The molecule has 1 saturated heterocycles. The molecule has 0 spiro atoms. The van der Waals surface area contributed by atoms with Gasteiger partial charge in [0.15, 0.2) is 5.13 Å². The summed E-state index contributed by atoms with van der Waals surface area (Å²) in [5.74, 6) is 0.739. The van der Waals surface area contributed by atoms with Gasteiger partial charge in [-0.2, -0.15) is 0 Å². The van der Waals surface area contributed by atoms with Gasteiger partial charge in [0.1, 0.15) is 0 Å². The summed E-state index contributed by atoms with van der Waals surface area (Å²) in [5.41, 5.74) is 1.16. The van der Waals surface area contributed by atoms with E-state index in [1.165, 1.54) is 4.88 Å². The van der Waals surface area contributed by atoms with Crippen molar-refractivity contribution < 1.29 is 9.53 Å². The second-order valence-corrected chi connectivity index (χ2v) is 7.10. The molecule has 3 heterocycles. The molecular weight excluding hydrogens is 286 g/mol. The molecule has 0 aliphatic carbocycles. The van der Waals surface area contributed by atoms with Gasteiger partial charge in [0, 0.05) is 44.0 Å². The first-order valence-corrected chi connectivity index (χ1v) is 8.57. The van der Waals surface area contributed by atoms with Gasteiger partial charge in [-0.15, -0.1) is 11.3 Å². The minimum atomic E-state index is 0.0981. The van der Waals surface area contributed by atoms with Crippen molar-refractivity contribution in [1.82, 2.24) is 9.88 Å². The Labute approximate surface area is 129 Å². The average Bonchev–Trinajstić information content (AvgIpc) is 2.87. The lowest BCUT2D eigenvalue weighted by molar-refractivity contribution is -0.116. The van der Waals surface area contributed by atoms with E-state index in [0.29, 0.717) is 12.3 Å². The number of fused-ring (bicyclic) bond motifs is 1. The van der Waals surface area contributed by atoms with Crippen molar-refractivity contribution in [2.24, 2.45) is 5.92 Å². The molecule has 1 aromatic rings. The molecule has 0 saturated carbocycles. The number of anilines is 1. The molecule has 1 aromatic heterocycles. The van der Waals surface area contributed by atoms with Crippen molar-refractivity contribution in [3.8, 4) is 0 Å². The SMILES string of the molecule is CN1CCc2nc(NC(=O)CCC3CCOCC3)sc2C1. The Morgan fingerprint density at radius 3 is 3.10 bits per heavy atom. The van der Waals surface area contributed by atoms with Gasteiger partial charge in [0.05, 0.1) is 5.69 Å². The maximum absolute atomic E-state index is 12.0. The molecule has 2 aliphatic rings. The van der Waals surface area contributed by atoms with E-state index in [9.17, 15) is 4.79 Å². The van der Waals surface area contributed by atoms with Gasteiger partial charge in [-0.3, -0.25) is 4.79 Å².